The molecule has 0 amide bonds. The van der Waals surface area contributed by atoms with Crippen LogP contribution in [0.3, 0.4) is 0 Å². The molecule has 0 radical (unpaired) electrons. The molecule has 0 saturated carbocycles. The van der Waals surface area contributed by atoms with Crippen molar-refractivity contribution >= 4 is 27.1 Å². The van der Waals surface area contributed by atoms with Crippen LogP contribution in [0.4, 0.5) is 5.69 Å². The zero-order valence-electron chi connectivity index (χ0n) is 9.83. The number of unbranched alkanes of at least 4 members (excludes halogenated alkanes) is 3. The summed E-state index contributed by atoms with van der Waals surface area (Å²) in [5, 5.41) is 6.99. The van der Waals surface area contributed by atoms with Gasteiger partial charge in [-0.1, -0.05) is 26.2 Å². The fourth-order valence-electron chi connectivity index (χ4n) is 1.86. The molecule has 86 valence electrons. The highest BCUT2D eigenvalue weighted by molar-refractivity contribution is 7.17. The maximum atomic E-state index is 3.49. The third kappa shape index (κ3) is 2.99. The van der Waals surface area contributed by atoms with Crippen LogP contribution in [0.25, 0.3) is 10.1 Å². The number of hydrogen-bond donors (Lipinski definition) is 1. The van der Waals surface area contributed by atoms with E-state index >= 15 is 0 Å². The average Bonchev–Trinajstić information content (AvgIpc) is 2.76. The Bertz CT molecular complexity index is 433. The minimum Gasteiger partial charge on any atom is -0.385 e. The molecule has 0 aliphatic rings. The van der Waals surface area contributed by atoms with Gasteiger partial charge in [0.1, 0.15) is 0 Å². The summed E-state index contributed by atoms with van der Waals surface area (Å²) in [6.45, 7) is 3.34. The van der Waals surface area contributed by atoms with Gasteiger partial charge in [0.2, 0.25) is 0 Å². The Morgan fingerprint density at radius 1 is 1.12 bits per heavy atom. The van der Waals surface area contributed by atoms with Crippen LogP contribution in [0, 0.1) is 0 Å². The molecule has 1 aromatic carbocycles. The molecule has 0 saturated heterocycles. The van der Waals surface area contributed by atoms with E-state index in [4.69, 9.17) is 0 Å². The lowest BCUT2D eigenvalue weighted by Crippen LogP contribution is -2.00. The molecule has 0 spiro atoms. The molecule has 0 bridgehead atoms. The number of thiophene rings is 1. The lowest BCUT2D eigenvalue weighted by Gasteiger charge is -2.06. The summed E-state index contributed by atoms with van der Waals surface area (Å²) in [7, 11) is 0. The van der Waals surface area contributed by atoms with Crippen LogP contribution in [-0.2, 0) is 0 Å². The first-order valence-corrected chi connectivity index (χ1v) is 6.99. The van der Waals surface area contributed by atoms with Gasteiger partial charge in [-0.25, -0.2) is 0 Å². The van der Waals surface area contributed by atoms with Crippen LogP contribution in [0.1, 0.15) is 32.6 Å². The van der Waals surface area contributed by atoms with E-state index < -0.39 is 0 Å². The van der Waals surface area contributed by atoms with Crippen LogP contribution in [0.15, 0.2) is 29.6 Å². The quantitative estimate of drug-likeness (QED) is 0.700. The summed E-state index contributed by atoms with van der Waals surface area (Å²) in [4.78, 5) is 0. The van der Waals surface area contributed by atoms with Crippen molar-refractivity contribution in [1.29, 1.82) is 0 Å². The Morgan fingerprint density at radius 3 is 2.94 bits per heavy atom. The summed E-state index contributed by atoms with van der Waals surface area (Å²) in [5.74, 6) is 0. The number of anilines is 1. The van der Waals surface area contributed by atoms with Crippen molar-refractivity contribution in [2.75, 3.05) is 11.9 Å². The largest absolute Gasteiger partial charge is 0.385 e. The Labute approximate surface area is 101 Å². The van der Waals surface area contributed by atoms with Crippen molar-refractivity contribution in [3.8, 4) is 0 Å². The smallest absolute Gasteiger partial charge is 0.0347 e. The van der Waals surface area contributed by atoms with E-state index in [-0.39, 0.29) is 0 Å². The second-order valence-electron chi connectivity index (χ2n) is 4.16. The van der Waals surface area contributed by atoms with Gasteiger partial charge in [-0.15, -0.1) is 11.3 Å². The van der Waals surface area contributed by atoms with E-state index in [2.05, 4.69) is 41.9 Å². The van der Waals surface area contributed by atoms with E-state index in [1.165, 1.54) is 41.5 Å². The molecule has 0 aliphatic carbocycles. The van der Waals surface area contributed by atoms with Crippen LogP contribution in [-0.4, -0.2) is 6.54 Å². The third-order valence-corrected chi connectivity index (χ3v) is 3.71. The van der Waals surface area contributed by atoms with Crippen LogP contribution >= 0.6 is 11.3 Å². The molecular formula is C14H19NS. The molecule has 0 fully saturated rings. The number of rotatable bonds is 6. The predicted octanol–water partition coefficient (Wildman–Crippen LogP) is 4.89. The zero-order chi connectivity index (χ0) is 11.2. The highest BCUT2D eigenvalue weighted by Gasteiger charge is 1.96. The van der Waals surface area contributed by atoms with Crippen molar-refractivity contribution < 1.29 is 0 Å². The normalized spacial score (nSPS) is 10.8. The average molecular weight is 233 g/mol. The molecular weight excluding hydrogens is 214 g/mol. The van der Waals surface area contributed by atoms with Crippen molar-refractivity contribution in [1.82, 2.24) is 0 Å². The lowest BCUT2D eigenvalue weighted by atomic mass is 10.2. The molecule has 0 unspecified atom stereocenters. The third-order valence-electron chi connectivity index (χ3n) is 2.81. The summed E-state index contributed by atoms with van der Waals surface area (Å²) in [6.07, 6.45) is 5.27. The first-order valence-electron chi connectivity index (χ1n) is 6.11. The van der Waals surface area contributed by atoms with Gasteiger partial charge in [-0.2, -0.15) is 0 Å². The SMILES string of the molecule is CCCCCCNc1ccc2sccc2c1. The number of fused-ring (bicyclic) bond motifs is 1. The molecule has 16 heavy (non-hydrogen) atoms. The minimum atomic E-state index is 1.09. The molecule has 1 heterocycles. The second-order valence-corrected chi connectivity index (χ2v) is 5.11. The predicted molar refractivity (Wildman–Crippen MR) is 74.5 cm³/mol. The molecule has 1 aromatic heterocycles. The maximum absolute atomic E-state index is 3.49. The Morgan fingerprint density at radius 2 is 2.06 bits per heavy atom. The van der Waals surface area contributed by atoms with Crippen LogP contribution in [0.5, 0.6) is 0 Å². The second kappa shape index (κ2) is 5.90. The van der Waals surface area contributed by atoms with Gasteiger partial charge in [0.05, 0.1) is 0 Å². The highest BCUT2D eigenvalue weighted by Crippen LogP contribution is 2.23. The lowest BCUT2D eigenvalue weighted by molar-refractivity contribution is 0.685. The fraction of sp³-hybridized carbons (Fsp3) is 0.429. The topological polar surface area (TPSA) is 12.0 Å². The Hall–Kier alpha value is -1.02. The van der Waals surface area contributed by atoms with Crippen molar-refractivity contribution in [2.24, 2.45) is 0 Å². The van der Waals surface area contributed by atoms with Crippen molar-refractivity contribution in [2.45, 2.75) is 32.6 Å². The first kappa shape index (κ1) is 11.5. The molecule has 1 N–H and O–H groups in total. The zero-order valence-corrected chi connectivity index (χ0v) is 10.6. The standard InChI is InChI=1S/C14H19NS/c1-2-3-4-5-9-15-13-6-7-14-12(11-13)8-10-16-14/h6-8,10-11,15H,2-5,9H2,1H3. The van der Waals surface area contributed by atoms with Crippen molar-refractivity contribution in [3.05, 3.63) is 29.6 Å². The Kier molecular flexibility index (Phi) is 4.23. The van der Waals surface area contributed by atoms with Gasteiger partial charge in [0, 0.05) is 16.9 Å². The number of nitrogens with one attached hydrogen (secondary N) is 1. The molecule has 2 aromatic rings. The minimum absolute atomic E-state index is 1.09. The van der Waals surface area contributed by atoms with Crippen LogP contribution < -0.4 is 5.32 Å². The molecule has 1 nitrogen and oxygen atoms in total. The van der Waals surface area contributed by atoms with Crippen LogP contribution in [0.2, 0.25) is 0 Å². The molecule has 2 rings (SSSR count). The maximum Gasteiger partial charge on any atom is 0.0347 e. The van der Waals surface area contributed by atoms with Gasteiger partial charge in [-0.3, -0.25) is 0 Å². The van der Waals surface area contributed by atoms with Gasteiger partial charge in [0.25, 0.3) is 0 Å². The molecule has 0 aliphatic heterocycles. The first-order chi connectivity index (χ1) is 7.90. The van der Waals surface area contributed by atoms with Gasteiger partial charge < -0.3 is 5.32 Å². The van der Waals surface area contributed by atoms with E-state index in [9.17, 15) is 0 Å². The van der Waals surface area contributed by atoms with E-state index in [1.54, 1.807) is 11.3 Å². The molecule has 0 atom stereocenters. The van der Waals surface area contributed by atoms with Gasteiger partial charge in [0.15, 0.2) is 0 Å². The number of benzene rings is 1. The van der Waals surface area contributed by atoms with E-state index in [1.807, 2.05) is 0 Å². The van der Waals surface area contributed by atoms with Gasteiger partial charge >= 0.3 is 0 Å². The number of hydrogen-bond acceptors (Lipinski definition) is 2. The summed E-state index contributed by atoms with van der Waals surface area (Å²) in [5.41, 5.74) is 1.25. The fourth-order valence-corrected chi connectivity index (χ4v) is 2.63. The van der Waals surface area contributed by atoms with E-state index in [0.29, 0.717) is 0 Å². The molecule has 2 heteroatoms. The van der Waals surface area contributed by atoms with E-state index in [0.717, 1.165) is 6.54 Å². The summed E-state index contributed by atoms with van der Waals surface area (Å²) in [6, 6.07) is 8.81. The van der Waals surface area contributed by atoms with Gasteiger partial charge in [-0.05, 0) is 41.5 Å². The summed E-state index contributed by atoms with van der Waals surface area (Å²) < 4.78 is 1.37. The summed E-state index contributed by atoms with van der Waals surface area (Å²) >= 11 is 1.80. The van der Waals surface area contributed by atoms with Crippen molar-refractivity contribution in [3.63, 3.8) is 0 Å². The monoisotopic (exact) mass is 233 g/mol. The highest BCUT2D eigenvalue weighted by atomic mass is 32.1. The Balaban J connectivity index is 1.84.